The van der Waals surface area contributed by atoms with E-state index < -0.39 is 0 Å². The summed E-state index contributed by atoms with van der Waals surface area (Å²) < 4.78 is 11.7. The van der Waals surface area contributed by atoms with E-state index in [0.29, 0.717) is 0 Å². The standard InChI is InChI=1S/C40H81O2/c1-4-6-8-10-12-14-16-18-20-22-24-26-28-30-32-34-37-41-39-36-40(3)42-38-35-33-31-29-27-25-23-21-19-17-15-13-11-9-7-5-2/h40H,3-39H2,1-2H3. The molecule has 0 aromatic heterocycles. The summed E-state index contributed by atoms with van der Waals surface area (Å²) in [6, 6.07) is 0. The van der Waals surface area contributed by atoms with Crippen molar-refractivity contribution in [3.63, 3.8) is 0 Å². The second-order valence-electron chi connectivity index (χ2n) is 13.5. The summed E-state index contributed by atoms with van der Waals surface area (Å²) in [7, 11) is 0. The average molecular weight is 594 g/mol. The molecule has 0 rings (SSSR count). The smallest absolute Gasteiger partial charge is 0.0598 e. The highest BCUT2D eigenvalue weighted by Crippen LogP contribution is 2.15. The Bertz CT molecular complexity index is 451. The van der Waals surface area contributed by atoms with Crippen LogP contribution in [0.25, 0.3) is 0 Å². The lowest BCUT2D eigenvalue weighted by Crippen LogP contribution is -2.13. The summed E-state index contributed by atoms with van der Waals surface area (Å²) in [5.74, 6) is 0. The Hall–Kier alpha value is -0.0800. The van der Waals surface area contributed by atoms with E-state index >= 15 is 0 Å². The van der Waals surface area contributed by atoms with Crippen LogP contribution in [0.3, 0.4) is 0 Å². The second-order valence-corrected chi connectivity index (χ2v) is 13.5. The molecule has 2 heteroatoms. The zero-order valence-corrected chi connectivity index (χ0v) is 29.6. The summed E-state index contributed by atoms with van der Waals surface area (Å²) >= 11 is 0. The Balaban J connectivity index is 3.13. The van der Waals surface area contributed by atoms with E-state index in [9.17, 15) is 0 Å². The third kappa shape index (κ3) is 37.9. The number of ether oxygens (including phenoxy) is 2. The molecule has 0 N–H and O–H groups in total. The molecule has 0 saturated heterocycles. The SMILES string of the molecule is [CH2]C(CCOCCCCCCCCCCCCCCCCCC)OCCCCCCCCCCCCCCCCCC. The van der Waals surface area contributed by atoms with Crippen molar-refractivity contribution in [2.24, 2.45) is 0 Å². The zero-order chi connectivity index (χ0) is 30.4. The van der Waals surface area contributed by atoms with Gasteiger partial charge < -0.3 is 9.47 Å². The molecule has 0 aromatic carbocycles. The minimum atomic E-state index is 0.0899. The van der Waals surface area contributed by atoms with Gasteiger partial charge in [0, 0.05) is 19.8 Å². The molecule has 0 aromatic rings. The first kappa shape index (κ1) is 41.9. The van der Waals surface area contributed by atoms with Gasteiger partial charge in [-0.15, -0.1) is 0 Å². The van der Waals surface area contributed by atoms with Gasteiger partial charge in [-0.3, -0.25) is 0 Å². The van der Waals surface area contributed by atoms with Crippen LogP contribution in [-0.2, 0) is 9.47 Å². The molecule has 42 heavy (non-hydrogen) atoms. The van der Waals surface area contributed by atoms with Crippen molar-refractivity contribution in [2.45, 2.75) is 232 Å². The third-order valence-electron chi connectivity index (χ3n) is 9.08. The van der Waals surface area contributed by atoms with Gasteiger partial charge in [0.1, 0.15) is 0 Å². The molecule has 0 spiro atoms. The van der Waals surface area contributed by atoms with Crippen LogP contribution >= 0.6 is 0 Å². The number of hydrogen-bond acceptors (Lipinski definition) is 2. The van der Waals surface area contributed by atoms with Gasteiger partial charge in [-0.2, -0.15) is 0 Å². The van der Waals surface area contributed by atoms with Crippen molar-refractivity contribution in [2.75, 3.05) is 19.8 Å². The van der Waals surface area contributed by atoms with Crippen LogP contribution in [0.1, 0.15) is 226 Å². The van der Waals surface area contributed by atoms with E-state index in [4.69, 9.17) is 9.47 Å². The first-order valence-corrected chi connectivity index (χ1v) is 19.8. The van der Waals surface area contributed by atoms with Crippen LogP contribution in [-0.4, -0.2) is 25.9 Å². The van der Waals surface area contributed by atoms with Gasteiger partial charge >= 0.3 is 0 Å². The fraction of sp³-hybridized carbons (Fsp3) is 0.975. The lowest BCUT2D eigenvalue weighted by molar-refractivity contribution is 0.0424. The highest BCUT2D eigenvalue weighted by molar-refractivity contribution is 4.60. The predicted octanol–water partition coefficient (Wildman–Crippen LogP) is 14.1. The number of unbranched alkanes of at least 4 members (excludes halogenated alkanes) is 30. The quantitative estimate of drug-likeness (QED) is 0.0663. The zero-order valence-electron chi connectivity index (χ0n) is 29.6. The molecule has 0 fully saturated rings. The van der Waals surface area contributed by atoms with Crippen LogP contribution in [0.2, 0.25) is 0 Å². The molecule has 0 aliphatic heterocycles. The molecule has 1 atom stereocenters. The van der Waals surface area contributed by atoms with E-state index in [1.54, 1.807) is 0 Å². The van der Waals surface area contributed by atoms with Crippen LogP contribution in [0, 0.1) is 6.92 Å². The largest absolute Gasteiger partial charge is 0.381 e. The number of rotatable bonds is 38. The molecule has 0 saturated carbocycles. The van der Waals surface area contributed by atoms with Crippen molar-refractivity contribution in [1.29, 1.82) is 0 Å². The van der Waals surface area contributed by atoms with Crippen molar-refractivity contribution in [3.05, 3.63) is 6.92 Å². The van der Waals surface area contributed by atoms with Crippen LogP contribution in [0.15, 0.2) is 0 Å². The second kappa shape index (κ2) is 38.9. The number of hydrogen-bond donors (Lipinski definition) is 0. The van der Waals surface area contributed by atoms with Crippen LogP contribution < -0.4 is 0 Å². The van der Waals surface area contributed by atoms with Crippen molar-refractivity contribution >= 4 is 0 Å². The van der Waals surface area contributed by atoms with Crippen LogP contribution in [0.4, 0.5) is 0 Å². The lowest BCUT2D eigenvalue weighted by Gasteiger charge is -2.13. The minimum Gasteiger partial charge on any atom is -0.381 e. The lowest BCUT2D eigenvalue weighted by atomic mass is 10.0. The minimum absolute atomic E-state index is 0.0899. The van der Waals surface area contributed by atoms with Crippen molar-refractivity contribution in [1.82, 2.24) is 0 Å². The Morgan fingerprint density at radius 1 is 0.333 bits per heavy atom. The highest BCUT2D eigenvalue weighted by Gasteiger charge is 2.03. The van der Waals surface area contributed by atoms with Gasteiger partial charge in [-0.05, 0) is 26.2 Å². The van der Waals surface area contributed by atoms with Gasteiger partial charge in [0.2, 0.25) is 0 Å². The summed E-state index contributed by atoms with van der Waals surface area (Å²) in [5.41, 5.74) is 0. The van der Waals surface area contributed by atoms with Crippen LogP contribution in [0.5, 0.6) is 0 Å². The molecular formula is C40H81O2. The molecular weight excluding hydrogens is 512 g/mol. The molecule has 1 unspecified atom stereocenters. The summed E-state index contributed by atoms with van der Waals surface area (Å²) in [5, 5.41) is 0. The van der Waals surface area contributed by atoms with E-state index in [0.717, 1.165) is 26.2 Å². The molecule has 0 aliphatic rings. The molecule has 0 aliphatic carbocycles. The van der Waals surface area contributed by atoms with Crippen molar-refractivity contribution < 1.29 is 9.47 Å². The van der Waals surface area contributed by atoms with Gasteiger partial charge in [-0.1, -0.05) is 206 Å². The predicted molar refractivity (Wildman–Crippen MR) is 190 cm³/mol. The topological polar surface area (TPSA) is 18.5 Å². The van der Waals surface area contributed by atoms with E-state index in [2.05, 4.69) is 20.8 Å². The maximum Gasteiger partial charge on any atom is 0.0598 e. The molecule has 0 heterocycles. The Labute approximate surface area is 267 Å². The average Bonchev–Trinajstić information content (AvgIpc) is 3.00. The molecule has 0 bridgehead atoms. The highest BCUT2D eigenvalue weighted by atomic mass is 16.5. The Morgan fingerprint density at radius 2 is 0.595 bits per heavy atom. The Kier molecular flexibility index (Phi) is 38.9. The van der Waals surface area contributed by atoms with Gasteiger partial charge in [0.25, 0.3) is 0 Å². The van der Waals surface area contributed by atoms with Gasteiger partial charge in [0.15, 0.2) is 0 Å². The van der Waals surface area contributed by atoms with Gasteiger partial charge in [0.05, 0.1) is 6.10 Å². The first-order chi connectivity index (χ1) is 20.8. The first-order valence-electron chi connectivity index (χ1n) is 19.8. The van der Waals surface area contributed by atoms with E-state index in [1.165, 1.54) is 205 Å². The maximum absolute atomic E-state index is 5.91. The molecule has 2 nitrogen and oxygen atoms in total. The molecule has 253 valence electrons. The third-order valence-corrected chi connectivity index (χ3v) is 9.08. The summed E-state index contributed by atoms with van der Waals surface area (Å²) in [6.45, 7) is 11.3. The van der Waals surface area contributed by atoms with Crippen molar-refractivity contribution in [3.8, 4) is 0 Å². The summed E-state index contributed by atoms with van der Waals surface area (Å²) in [6.07, 6.45) is 46.3. The summed E-state index contributed by atoms with van der Waals surface area (Å²) in [4.78, 5) is 0. The molecule has 0 amide bonds. The fourth-order valence-electron chi connectivity index (χ4n) is 6.05. The Morgan fingerprint density at radius 3 is 0.905 bits per heavy atom. The maximum atomic E-state index is 5.91. The normalized spacial score (nSPS) is 12.4. The van der Waals surface area contributed by atoms with E-state index in [1.807, 2.05) is 0 Å². The van der Waals surface area contributed by atoms with E-state index in [-0.39, 0.29) is 6.10 Å². The fourth-order valence-corrected chi connectivity index (χ4v) is 6.05. The monoisotopic (exact) mass is 594 g/mol. The molecule has 1 radical (unpaired) electrons. The van der Waals surface area contributed by atoms with Gasteiger partial charge in [-0.25, -0.2) is 0 Å².